The third kappa shape index (κ3) is 2.80. The summed E-state index contributed by atoms with van der Waals surface area (Å²) in [6.07, 6.45) is 6.15. The zero-order valence-electron chi connectivity index (χ0n) is 8.49. The van der Waals surface area contributed by atoms with E-state index in [1.807, 2.05) is 0 Å². The van der Waals surface area contributed by atoms with Crippen LogP contribution in [0, 0.1) is 0 Å². The van der Waals surface area contributed by atoms with Crippen LogP contribution in [0.25, 0.3) is 0 Å². The van der Waals surface area contributed by atoms with Crippen LogP contribution >= 0.6 is 0 Å². The Morgan fingerprint density at radius 1 is 1.43 bits per heavy atom. The Hall–Kier alpha value is -1.44. The molecule has 0 amide bonds. The average molecular weight is 189 g/mol. The van der Waals surface area contributed by atoms with Gasteiger partial charge in [0.15, 0.2) is 5.78 Å². The molecule has 0 radical (unpaired) electrons. The van der Waals surface area contributed by atoms with Crippen LogP contribution in [0.4, 0.5) is 0 Å². The second-order valence-electron chi connectivity index (χ2n) is 3.27. The Kier molecular flexibility index (Phi) is 4.05. The molecule has 1 aromatic rings. The minimum absolute atomic E-state index is 0.0425. The number of unbranched alkanes of at least 4 members (excludes halogenated alkanes) is 1. The fourth-order valence-electron chi connectivity index (χ4n) is 1.21. The summed E-state index contributed by atoms with van der Waals surface area (Å²) in [6.45, 7) is 5.90. The largest absolute Gasteiger partial charge is 0.289 e. The molecule has 1 rings (SSSR count). The topological polar surface area (TPSA) is 30.0 Å². The number of allylic oxidation sites excluding steroid dienone is 1. The molecule has 0 atom stereocenters. The lowest BCUT2D eigenvalue weighted by atomic mass is 10.0. The molecular formula is C12H15NO. The predicted octanol–water partition coefficient (Wildman–Crippen LogP) is 3.01. The number of hydrogen-bond donors (Lipinski definition) is 0. The fourth-order valence-corrected chi connectivity index (χ4v) is 1.21. The highest BCUT2D eigenvalue weighted by atomic mass is 16.1. The van der Waals surface area contributed by atoms with Crippen LogP contribution in [0.2, 0.25) is 0 Å². The maximum absolute atomic E-state index is 11.7. The highest BCUT2D eigenvalue weighted by Gasteiger charge is 2.08. The Morgan fingerprint density at radius 2 is 2.07 bits per heavy atom. The smallest absolute Gasteiger partial charge is 0.188 e. The van der Waals surface area contributed by atoms with Gasteiger partial charge >= 0.3 is 0 Å². The summed E-state index contributed by atoms with van der Waals surface area (Å²) in [7, 11) is 0. The van der Waals surface area contributed by atoms with Crippen LogP contribution in [-0.4, -0.2) is 10.8 Å². The van der Waals surface area contributed by atoms with Crippen LogP contribution in [-0.2, 0) is 0 Å². The van der Waals surface area contributed by atoms with Gasteiger partial charge in [-0.25, -0.2) is 0 Å². The number of Topliss-reactive ketones (excluding diaryl/α,β-unsaturated/α-hetero) is 1. The van der Waals surface area contributed by atoms with Crippen molar-refractivity contribution in [1.29, 1.82) is 0 Å². The standard InChI is InChI=1S/C12H15NO/c1-3-4-5-10(2)12(14)11-6-8-13-9-7-11/h6-9H,2-5H2,1H3. The van der Waals surface area contributed by atoms with Crippen molar-refractivity contribution in [2.75, 3.05) is 0 Å². The second-order valence-corrected chi connectivity index (χ2v) is 3.27. The van der Waals surface area contributed by atoms with Gasteiger partial charge in [0, 0.05) is 18.0 Å². The van der Waals surface area contributed by atoms with E-state index in [2.05, 4.69) is 18.5 Å². The van der Waals surface area contributed by atoms with E-state index >= 15 is 0 Å². The molecule has 0 bridgehead atoms. The van der Waals surface area contributed by atoms with Gasteiger partial charge in [-0.1, -0.05) is 19.9 Å². The number of hydrogen-bond acceptors (Lipinski definition) is 2. The van der Waals surface area contributed by atoms with Crippen molar-refractivity contribution in [2.24, 2.45) is 0 Å². The van der Waals surface area contributed by atoms with Crippen LogP contribution in [0.15, 0.2) is 36.7 Å². The van der Waals surface area contributed by atoms with E-state index in [0.717, 1.165) is 19.3 Å². The highest BCUT2D eigenvalue weighted by Crippen LogP contribution is 2.11. The average Bonchev–Trinajstić information content (AvgIpc) is 2.26. The normalized spacial score (nSPS) is 9.79. The molecule has 0 aromatic carbocycles. The van der Waals surface area contributed by atoms with Crippen molar-refractivity contribution in [2.45, 2.75) is 26.2 Å². The molecule has 74 valence electrons. The number of carbonyl (C=O) groups is 1. The molecule has 2 nitrogen and oxygen atoms in total. The Labute approximate surface area is 84.7 Å². The van der Waals surface area contributed by atoms with Gasteiger partial charge in [0.2, 0.25) is 0 Å². The first-order chi connectivity index (χ1) is 6.75. The van der Waals surface area contributed by atoms with E-state index in [4.69, 9.17) is 0 Å². The number of rotatable bonds is 5. The molecule has 0 unspecified atom stereocenters. The molecule has 0 saturated carbocycles. The first-order valence-electron chi connectivity index (χ1n) is 4.88. The lowest BCUT2D eigenvalue weighted by Gasteiger charge is -2.03. The molecule has 0 aliphatic heterocycles. The Morgan fingerprint density at radius 3 is 2.64 bits per heavy atom. The van der Waals surface area contributed by atoms with Gasteiger partial charge in [0.1, 0.15) is 0 Å². The van der Waals surface area contributed by atoms with E-state index in [0.29, 0.717) is 11.1 Å². The summed E-state index contributed by atoms with van der Waals surface area (Å²) in [5, 5.41) is 0. The SMILES string of the molecule is C=C(CCCC)C(=O)c1ccncc1. The molecule has 0 fully saturated rings. The molecule has 0 spiro atoms. The van der Waals surface area contributed by atoms with Crippen LogP contribution in [0.5, 0.6) is 0 Å². The summed E-state index contributed by atoms with van der Waals surface area (Å²) in [5.74, 6) is 0.0425. The lowest BCUT2D eigenvalue weighted by molar-refractivity contribution is 0.103. The number of pyridine rings is 1. The van der Waals surface area contributed by atoms with E-state index in [1.165, 1.54) is 0 Å². The molecule has 1 aromatic heterocycles. The number of ketones is 1. The third-order valence-electron chi connectivity index (χ3n) is 2.10. The van der Waals surface area contributed by atoms with Gasteiger partial charge < -0.3 is 0 Å². The lowest BCUT2D eigenvalue weighted by Crippen LogP contribution is -2.02. The van der Waals surface area contributed by atoms with Gasteiger partial charge in [-0.3, -0.25) is 9.78 Å². The Balaban J connectivity index is 2.62. The van der Waals surface area contributed by atoms with Crippen molar-refractivity contribution in [3.63, 3.8) is 0 Å². The third-order valence-corrected chi connectivity index (χ3v) is 2.10. The fraction of sp³-hybridized carbons (Fsp3) is 0.333. The molecule has 0 saturated heterocycles. The zero-order chi connectivity index (χ0) is 10.4. The van der Waals surface area contributed by atoms with Crippen molar-refractivity contribution in [1.82, 2.24) is 4.98 Å². The quantitative estimate of drug-likeness (QED) is 0.526. The van der Waals surface area contributed by atoms with E-state index in [1.54, 1.807) is 24.5 Å². The number of nitrogens with zero attached hydrogens (tertiary/aromatic N) is 1. The Bertz CT molecular complexity index is 316. The molecule has 2 heteroatoms. The number of carbonyl (C=O) groups excluding carboxylic acids is 1. The van der Waals surface area contributed by atoms with Gasteiger partial charge in [-0.2, -0.15) is 0 Å². The maximum Gasteiger partial charge on any atom is 0.188 e. The monoisotopic (exact) mass is 189 g/mol. The maximum atomic E-state index is 11.7. The van der Waals surface area contributed by atoms with E-state index in [9.17, 15) is 4.79 Å². The molecule has 0 aliphatic carbocycles. The highest BCUT2D eigenvalue weighted by molar-refractivity contribution is 6.08. The summed E-state index contributed by atoms with van der Waals surface area (Å²) in [5.41, 5.74) is 1.37. The van der Waals surface area contributed by atoms with Gasteiger partial charge in [0.05, 0.1) is 0 Å². The molecule has 14 heavy (non-hydrogen) atoms. The van der Waals surface area contributed by atoms with Crippen molar-refractivity contribution in [3.05, 3.63) is 42.2 Å². The van der Waals surface area contributed by atoms with Crippen LogP contribution in [0.1, 0.15) is 36.5 Å². The molecule has 0 N–H and O–H groups in total. The van der Waals surface area contributed by atoms with Crippen molar-refractivity contribution in [3.8, 4) is 0 Å². The number of aromatic nitrogens is 1. The summed E-state index contributed by atoms with van der Waals surface area (Å²) in [6, 6.07) is 3.44. The summed E-state index contributed by atoms with van der Waals surface area (Å²) < 4.78 is 0. The second kappa shape index (κ2) is 5.32. The van der Waals surface area contributed by atoms with Crippen LogP contribution < -0.4 is 0 Å². The predicted molar refractivity (Wildman–Crippen MR) is 57.2 cm³/mol. The van der Waals surface area contributed by atoms with Crippen molar-refractivity contribution < 1.29 is 4.79 Å². The molecule has 1 heterocycles. The van der Waals surface area contributed by atoms with Gasteiger partial charge in [-0.05, 0) is 30.5 Å². The first kappa shape index (κ1) is 10.6. The van der Waals surface area contributed by atoms with Crippen molar-refractivity contribution >= 4 is 5.78 Å². The van der Waals surface area contributed by atoms with Gasteiger partial charge in [-0.15, -0.1) is 0 Å². The van der Waals surface area contributed by atoms with E-state index in [-0.39, 0.29) is 5.78 Å². The summed E-state index contributed by atoms with van der Waals surface area (Å²) in [4.78, 5) is 15.6. The van der Waals surface area contributed by atoms with Gasteiger partial charge in [0.25, 0.3) is 0 Å². The molecule has 0 aliphatic rings. The van der Waals surface area contributed by atoms with Crippen LogP contribution in [0.3, 0.4) is 0 Å². The summed E-state index contributed by atoms with van der Waals surface area (Å²) >= 11 is 0. The molecular weight excluding hydrogens is 174 g/mol. The minimum Gasteiger partial charge on any atom is -0.289 e. The van der Waals surface area contributed by atoms with E-state index < -0.39 is 0 Å². The first-order valence-corrected chi connectivity index (χ1v) is 4.88. The minimum atomic E-state index is 0.0425. The zero-order valence-corrected chi connectivity index (χ0v) is 8.49.